The Kier molecular flexibility index (Phi) is 5.14. The van der Waals surface area contributed by atoms with E-state index in [-0.39, 0.29) is 27.5 Å². The highest BCUT2D eigenvalue weighted by Gasteiger charge is 2.33. The fourth-order valence-electron chi connectivity index (χ4n) is 3.36. The van der Waals surface area contributed by atoms with Crippen molar-refractivity contribution in [3.8, 4) is 0 Å². The molecule has 2 aromatic carbocycles. The van der Waals surface area contributed by atoms with E-state index in [9.17, 15) is 22.8 Å². The van der Waals surface area contributed by atoms with E-state index < -0.39 is 21.8 Å². The highest BCUT2D eigenvalue weighted by atomic mass is 32.2. The minimum absolute atomic E-state index is 0.102. The van der Waals surface area contributed by atoms with E-state index in [0.29, 0.717) is 32.0 Å². The van der Waals surface area contributed by atoms with Gasteiger partial charge < -0.3 is 10.1 Å². The van der Waals surface area contributed by atoms with E-state index in [2.05, 4.69) is 5.32 Å². The zero-order valence-corrected chi connectivity index (χ0v) is 16.9. The van der Waals surface area contributed by atoms with Gasteiger partial charge in [0.15, 0.2) is 0 Å². The average Bonchev–Trinajstić information content (AvgIpc) is 2.98. The lowest BCUT2D eigenvalue weighted by molar-refractivity contribution is 0.0692. The molecule has 1 saturated heterocycles. The molecule has 2 aromatic rings. The maximum atomic E-state index is 12.7. The molecule has 2 aliphatic heterocycles. The average molecular weight is 429 g/mol. The number of morpholine rings is 1. The second-order valence-electron chi connectivity index (χ2n) is 6.92. The Labute approximate surface area is 173 Å². The number of ether oxygens (including phenoxy) is 1. The normalized spacial score (nSPS) is 17.2. The summed E-state index contributed by atoms with van der Waals surface area (Å²) < 4.78 is 31.9. The molecular formula is C20H19N3O6S. The molecule has 0 spiro atoms. The summed E-state index contributed by atoms with van der Waals surface area (Å²) in [5.41, 5.74) is 1.14. The molecule has 30 heavy (non-hydrogen) atoms. The van der Waals surface area contributed by atoms with Gasteiger partial charge in [-0.2, -0.15) is 4.31 Å². The number of amides is 3. The van der Waals surface area contributed by atoms with Crippen molar-refractivity contribution >= 4 is 33.4 Å². The van der Waals surface area contributed by atoms with Gasteiger partial charge in [-0.15, -0.1) is 0 Å². The number of anilines is 1. The van der Waals surface area contributed by atoms with Crippen LogP contribution in [0.4, 0.5) is 5.69 Å². The summed E-state index contributed by atoms with van der Waals surface area (Å²) >= 11 is 0. The summed E-state index contributed by atoms with van der Waals surface area (Å²) in [4.78, 5) is 37.7. The summed E-state index contributed by atoms with van der Waals surface area (Å²) in [7, 11) is -2.24. The van der Waals surface area contributed by atoms with E-state index in [1.165, 1.54) is 47.8 Å². The number of imide groups is 1. The first-order valence-corrected chi connectivity index (χ1v) is 10.7. The third-order valence-electron chi connectivity index (χ3n) is 5.07. The molecule has 1 N–H and O–H groups in total. The Morgan fingerprint density at radius 3 is 2.27 bits per heavy atom. The highest BCUT2D eigenvalue weighted by Crippen LogP contribution is 2.25. The maximum absolute atomic E-state index is 12.7. The Balaban J connectivity index is 1.50. The summed E-state index contributed by atoms with van der Waals surface area (Å²) in [5.74, 6) is -1.27. The van der Waals surface area contributed by atoms with E-state index in [4.69, 9.17) is 4.74 Å². The van der Waals surface area contributed by atoms with Crippen molar-refractivity contribution in [3.63, 3.8) is 0 Å². The molecule has 3 amide bonds. The van der Waals surface area contributed by atoms with Gasteiger partial charge >= 0.3 is 0 Å². The number of hydrogen-bond donors (Lipinski definition) is 1. The fraction of sp³-hybridized carbons (Fsp3) is 0.250. The van der Waals surface area contributed by atoms with Crippen LogP contribution in [0.15, 0.2) is 47.4 Å². The first-order chi connectivity index (χ1) is 14.3. The van der Waals surface area contributed by atoms with Gasteiger partial charge in [0.05, 0.1) is 29.2 Å². The third-order valence-corrected chi connectivity index (χ3v) is 6.98. The Morgan fingerprint density at radius 1 is 0.967 bits per heavy atom. The Morgan fingerprint density at radius 2 is 1.60 bits per heavy atom. The van der Waals surface area contributed by atoms with Gasteiger partial charge in [-0.25, -0.2) is 8.42 Å². The first-order valence-electron chi connectivity index (χ1n) is 9.25. The van der Waals surface area contributed by atoms with Gasteiger partial charge in [-0.05, 0) is 42.5 Å². The summed E-state index contributed by atoms with van der Waals surface area (Å²) in [6.45, 7) is 1.29. The maximum Gasteiger partial charge on any atom is 0.261 e. The van der Waals surface area contributed by atoms with Crippen LogP contribution in [0.1, 0.15) is 31.1 Å². The lowest BCUT2D eigenvalue weighted by Crippen LogP contribution is -2.40. The van der Waals surface area contributed by atoms with Gasteiger partial charge in [-0.1, -0.05) is 0 Å². The summed E-state index contributed by atoms with van der Waals surface area (Å²) in [5, 5.41) is 2.66. The summed E-state index contributed by atoms with van der Waals surface area (Å²) in [6, 6.07) is 10.1. The fourth-order valence-corrected chi connectivity index (χ4v) is 4.76. The molecule has 0 radical (unpaired) electrons. The molecule has 2 aliphatic rings. The lowest BCUT2D eigenvalue weighted by Gasteiger charge is -2.26. The lowest BCUT2D eigenvalue weighted by atomic mass is 10.1. The van der Waals surface area contributed by atoms with Crippen molar-refractivity contribution in [1.29, 1.82) is 0 Å². The second-order valence-corrected chi connectivity index (χ2v) is 8.86. The summed E-state index contributed by atoms with van der Waals surface area (Å²) in [6.07, 6.45) is 0. The van der Waals surface area contributed by atoms with Crippen molar-refractivity contribution in [2.24, 2.45) is 0 Å². The molecule has 0 bridgehead atoms. The quantitative estimate of drug-likeness (QED) is 0.731. The van der Waals surface area contributed by atoms with Crippen LogP contribution >= 0.6 is 0 Å². The van der Waals surface area contributed by atoms with Gasteiger partial charge in [0.25, 0.3) is 17.7 Å². The minimum Gasteiger partial charge on any atom is -0.379 e. The molecule has 0 aromatic heterocycles. The number of benzene rings is 2. The topological polar surface area (TPSA) is 113 Å². The number of fused-ring (bicyclic) bond motifs is 1. The Hall–Kier alpha value is -3.08. The molecule has 1 fully saturated rings. The van der Waals surface area contributed by atoms with Crippen molar-refractivity contribution in [1.82, 2.24) is 9.21 Å². The molecule has 156 valence electrons. The van der Waals surface area contributed by atoms with Crippen LogP contribution in [0.5, 0.6) is 0 Å². The SMILES string of the molecule is CN1C(=O)c2ccc(NC(=O)c3ccc(S(=O)(=O)N4CCOCC4)cc3)cc2C1=O. The third kappa shape index (κ3) is 3.49. The van der Waals surface area contributed by atoms with Crippen LogP contribution in [-0.2, 0) is 14.8 Å². The van der Waals surface area contributed by atoms with Crippen LogP contribution in [0.2, 0.25) is 0 Å². The van der Waals surface area contributed by atoms with Crippen LogP contribution in [0, 0.1) is 0 Å². The smallest absolute Gasteiger partial charge is 0.261 e. The number of nitrogens with zero attached hydrogens (tertiary/aromatic N) is 2. The largest absolute Gasteiger partial charge is 0.379 e. The van der Waals surface area contributed by atoms with Crippen LogP contribution < -0.4 is 5.32 Å². The number of hydrogen-bond acceptors (Lipinski definition) is 6. The van der Waals surface area contributed by atoms with Crippen LogP contribution in [0.25, 0.3) is 0 Å². The van der Waals surface area contributed by atoms with Gasteiger partial charge in [0.1, 0.15) is 0 Å². The van der Waals surface area contributed by atoms with E-state index in [1.54, 1.807) is 6.07 Å². The molecule has 0 saturated carbocycles. The second kappa shape index (κ2) is 7.63. The molecule has 0 aliphatic carbocycles. The molecule has 2 heterocycles. The molecule has 0 atom stereocenters. The van der Waals surface area contributed by atoms with Crippen LogP contribution in [-0.4, -0.2) is 68.7 Å². The number of nitrogens with one attached hydrogen (secondary N) is 1. The van der Waals surface area contributed by atoms with Crippen molar-refractivity contribution in [2.75, 3.05) is 38.7 Å². The van der Waals surface area contributed by atoms with Gasteiger partial charge in [0.2, 0.25) is 10.0 Å². The zero-order chi connectivity index (χ0) is 21.5. The molecular weight excluding hydrogens is 410 g/mol. The predicted octanol–water partition coefficient (Wildman–Crippen LogP) is 1.19. The van der Waals surface area contributed by atoms with Gasteiger partial charge in [-0.3, -0.25) is 19.3 Å². The van der Waals surface area contributed by atoms with Crippen LogP contribution in [0.3, 0.4) is 0 Å². The van der Waals surface area contributed by atoms with E-state index in [1.807, 2.05) is 0 Å². The standard InChI is InChI=1S/C20H19N3O6S/c1-22-19(25)16-7-4-14(12-17(16)20(22)26)21-18(24)13-2-5-15(6-3-13)30(27,28)23-8-10-29-11-9-23/h2-7,12H,8-11H2,1H3,(H,21,24). The predicted molar refractivity (Wildman–Crippen MR) is 107 cm³/mol. The first kappa shape index (κ1) is 20.2. The van der Waals surface area contributed by atoms with Gasteiger partial charge in [0, 0.05) is 31.4 Å². The van der Waals surface area contributed by atoms with E-state index >= 15 is 0 Å². The number of rotatable bonds is 4. The molecule has 9 nitrogen and oxygen atoms in total. The Bertz CT molecular complexity index is 1140. The van der Waals surface area contributed by atoms with Crippen molar-refractivity contribution in [3.05, 3.63) is 59.2 Å². The van der Waals surface area contributed by atoms with Crippen molar-refractivity contribution < 1.29 is 27.5 Å². The number of sulfonamides is 1. The van der Waals surface area contributed by atoms with E-state index in [0.717, 1.165) is 4.90 Å². The minimum atomic E-state index is -3.64. The molecule has 4 rings (SSSR count). The van der Waals surface area contributed by atoms with Crippen molar-refractivity contribution in [2.45, 2.75) is 4.90 Å². The molecule has 0 unspecified atom stereocenters. The monoisotopic (exact) mass is 429 g/mol. The number of carbonyl (C=O) groups excluding carboxylic acids is 3. The number of carbonyl (C=O) groups is 3. The molecule has 10 heteroatoms. The zero-order valence-electron chi connectivity index (χ0n) is 16.1. The highest BCUT2D eigenvalue weighted by molar-refractivity contribution is 7.89.